The number of benzene rings is 1. The van der Waals surface area contributed by atoms with Crippen molar-refractivity contribution in [3.63, 3.8) is 0 Å². The average Bonchev–Trinajstić information content (AvgIpc) is 3.12. The second kappa shape index (κ2) is 7.17. The minimum Gasteiger partial charge on any atom is -0.348 e. The third kappa shape index (κ3) is 4.13. The largest absolute Gasteiger partial charge is 0.348 e. The molecule has 1 aromatic carbocycles. The number of nitrogens with one attached hydrogen (secondary N) is 1. The first-order chi connectivity index (χ1) is 11.1. The fourth-order valence-electron chi connectivity index (χ4n) is 2.13. The van der Waals surface area contributed by atoms with E-state index in [4.69, 9.17) is 23.2 Å². The highest BCUT2D eigenvalue weighted by Crippen LogP contribution is 2.30. The third-order valence-corrected chi connectivity index (χ3v) is 4.72. The van der Waals surface area contributed by atoms with E-state index in [2.05, 4.69) is 10.4 Å². The summed E-state index contributed by atoms with van der Waals surface area (Å²) in [5.41, 5.74) is 2.50. The maximum absolute atomic E-state index is 12.1. The molecule has 1 N–H and O–H groups in total. The zero-order valence-corrected chi connectivity index (χ0v) is 14.3. The van der Waals surface area contributed by atoms with E-state index in [1.807, 2.05) is 41.2 Å². The highest BCUT2D eigenvalue weighted by Gasteiger charge is 2.14. The lowest BCUT2D eigenvalue weighted by Gasteiger charge is -2.02. The summed E-state index contributed by atoms with van der Waals surface area (Å²) in [6.07, 6.45) is 3.65. The van der Waals surface area contributed by atoms with Crippen LogP contribution in [0.1, 0.15) is 21.5 Å². The number of nitrogens with zero attached hydrogens (tertiary/aromatic N) is 2. The molecule has 0 spiro atoms. The summed E-state index contributed by atoms with van der Waals surface area (Å²) in [6, 6.07) is 11.6. The van der Waals surface area contributed by atoms with E-state index >= 15 is 0 Å². The van der Waals surface area contributed by atoms with E-state index in [0.29, 0.717) is 27.3 Å². The van der Waals surface area contributed by atoms with Gasteiger partial charge in [0.2, 0.25) is 0 Å². The van der Waals surface area contributed by atoms with Crippen LogP contribution < -0.4 is 5.32 Å². The van der Waals surface area contributed by atoms with Gasteiger partial charge in [0.25, 0.3) is 5.91 Å². The van der Waals surface area contributed by atoms with Crippen LogP contribution in [-0.2, 0) is 13.1 Å². The molecule has 2 aromatic heterocycles. The predicted octanol–water partition coefficient (Wildman–Crippen LogP) is 4.23. The molecule has 0 atom stereocenters. The van der Waals surface area contributed by atoms with Crippen molar-refractivity contribution >= 4 is 40.4 Å². The summed E-state index contributed by atoms with van der Waals surface area (Å²) < 4.78 is 2.73. The number of rotatable bonds is 5. The fourth-order valence-corrected chi connectivity index (χ4v) is 3.59. The zero-order valence-electron chi connectivity index (χ0n) is 12.0. The summed E-state index contributed by atoms with van der Waals surface area (Å²) in [7, 11) is 0. The van der Waals surface area contributed by atoms with E-state index in [9.17, 15) is 4.79 Å². The number of hydrogen-bond donors (Lipinski definition) is 1. The zero-order chi connectivity index (χ0) is 16.2. The fraction of sp³-hybridized carbons (Fsp3) is 0.125. The lowest BCUT2D eigenvalue weighted by Crippen LogP contribution is -2.22. The molecule has 7 heteroatoms. The highest BCUT2D eigenvalue weighted by molar-refractivity contribution is 7.20. The van der Waals surface area contributed by atoms with Gasteiger partial charge in [0, 0.05) is 18.3 Å². The van der Waals surface area contributed by atoms with Gasteiger partial charge in [0.05, 0.1) is 22.6 Å². The Labute approximate surface area is 147 Å². The standard InChI is InChI=1S/C16H13Cl2N3OS/c17-14-6-13(15(18)23-14)16(22)19-7-12-8-20-21(10-12)9-11-4-2-1-3-5-11/h1-6,8,10H,7,9H2,(H,19,22). The molecule has 2 heterocycles. The van der Waals surface area contributed by atoms with Crippen molar-refractivity contribution in [3.8, 4) is 0 Å². The van der Waals surface area contributed by atoms with E-state index < -0.39 is 0 Å². The van der Waals surface area contributed by atoms with Crippen LogP contribution >= 0.6 is 34.5 Å². The minimum atomic E-state index is -0.242. The minimum absolute atomic E-state index is 0.242. The Morgan fingerprint density at radius 3 is 2.70 bits per heavy atom. The summed E-state index contributed by atoms with van der Waals surface area (Å²) in [4.78, 5) is 12.1. The maximum atomic E-state index is 12.1. The van der Waals surface area contributed by atoms with Gasteiger partial charge in [0.15, 0.2) is 0 Å². The van der Waals surface area contributed by atoms with E-state index in [0.717, 1.165) is 5.56 Å². The molecule has 0 saturated heterocycles. The van der Waals surface area contributed by atoms with Gasteiger partial charge >= 0.3 is 0 Å². The molecule has 4 nitrogen and oxygen atoms in total. The first-order valence-electron chi connectivity index (χ1n) is 6.90. The van der Waals surface area contributed by atoms with Gasteiger partial charge in [0.1, 0.15) is 4.34 Å². The molecule has 0 fully saturated rings. The Morgan fingerprint density at radius 1 is 1.22 bits per heavy atom. The molecule has 0 aliphatic heterocycles. The van der Waals surface area contributed by atoms with Gasteiger partial charge in [-0.2, -0.15) is 5.10 Å². The summed E-state index contributed by atoms with van der Waals surface area (Å²) in [6.45, 7) is 1.08. The van der Waals surface area contributed by atoms with E-state index in [1.165, 1.54) is 16.9 Å². The molecule has 0 radical (unpaired) electrons. The van der Waals surface area contributed by atoms with Gasteiger partial charge in [-0.1, -0.05) is 53.5 Å². The van der Waals surface area contributed by atoms with Crippen molar-refractivity contribution in [2.24, 2.45) is 0 Å². The maximum Gasteiger partial charge on any atom is 0.253 e. The van der Waals surface area contributed by atoms with Crippen LogP contribution in [0.5, 0.6) is 0 Å². The van der Waals surface area contributed by atoms with Crippen molar-refractivity contribution in [3.05, 3.63) is 74.2 Å². The molecule has 1 amide bonds. The molecule has 0 saturated carbocycles. The predicted molar refractivity (Wildman–Crippen MR) is 93.3 cm³/mol. The topological polar surface area (TPSA) is 46.9 Å². The number of amides is 1. The van der Waals surface area contributed by atoms with Crippen molar-refractivity contribution < 1.29 is 4.79 Å². The quantitative estimate of drug-likeness (QED) is 0.735. The molecule has 118 valence electrons. The van der Waals surface area contributed by atoms with Crippen LogP contribution in [0, 0.1) is 0 Å². The molecule has 3 rings (SSSR count). The van der Waals surface area contributed by atoms with Gasteiger partial charge < -0.3 is 5.32 Å². The lowest BCUT2D eigenvalue weighted by atomic mass is 10.2. The smallest absolute Gasteiger partial charge is 0.253 e. The molecule has 23 heavy (non-hydrogen) atoms. The van der Waals surface area contributed by atoms with Gasteiger partial charge in [-0.15, -0.1) is 11.3 Å². The van der Waals surface area contributed by atoms with E-state index in [1.54, 1.807) is 12.3 Å². The Bertz CT molecular complexity index is 814. The SMILES string of the molecule is O=C(NCc1cnn(Cc2ccccc2)c1)c1cc(Cl)sc1Cl. The molecule has 0 aliphatic rings. The van der Waals surface area contributed by atoms with Crippen LogP contribution in [0.4, 0.5) is 0 Å². The molecule has 3 aromatic rings. The Balaban J connectivity index is 1.59. The van der Waals surface area contributed by atoms with Crippen LogP contribution in [0.15, 0.2) is 48.8 Å². The van der Waals surface area contributed by atoms with Gasteiger partial charge in [-0.25, -0.2) is 0 Å². The lowest BCUT2D eigenvalue weighted by molar-refractivity contribution is 0.0951. The van der Waals surface area contributed by atoms with Crippen molar-refractivity contribution in [2.75, 3.05) is 0 Å². The molecular weight excluding hydrogens is 353 g/mol. The molecule has 0 bridgehead atoms. The Hall–Kier alpha value is -1.82. The summed E-state index contributed by atoms with van der Waals surface area (Å²) in [5, 5.41) is 7.12. The Morgan fingerprint density at radius 2 is 2.00 bits per heavy atom. The molecule has 0 unspecified atom stereocenters. The number of carbonyl (C=O) groups is 1. The van der Waals surface area contributed by atoms with Gasteiger partial charge in [-0.05, 0) is 11.6 Å². The molecule has 0 aliphatic carbocycles. The van der Waals surface area contributed by atoms with E-state index in [-0.39, 0.29) is 5.91 Å². The second-order valence-electron chi connectivity index (χ2n) is 4.95. The number of thiophene rings is 1. The monoisotopic (exact) mass is 365 g/mol. The summed E-state index contributed by atoms with van der Waals surface area (Å²) >= 11 is 13.0. The van der Waals surface area contributed by atoms with Crippen LogP contribution in [0.3, 0.4) is 0 Å². The third-order valence-electron chi connectivity index (χ3n) is 3.23. The first-order valence-corrected chi connectivity index (χ1v) is 8.47. The number of hydrogen-bond acceptors (Lipinski definition) is 3. The van der Waals surface area contributed by atoms with Crippen molar-refractivity contribution in [1.82, 2.24) is 15.1 Å². The summed E-state index contributed by atoms with van der Waals surface area (Å²) in [5.74, 6) is -0.242. The number of carbonyl (C=O) groups excluding carboxylic acids is 1. The molecular formula is C16H13Cl2N3OS. The number of aromatic nitrogens is 2. The first kappa shape index (κ1) is 16.1. The van der Waals surface area contributed by atoms with Crippen molar-refractivity contribution in [1.29, 1.82) is 0 Å². The van der Waals surface area contributed by atoms with Gasteiger partial charge in [-0.3, -0.25) is 9.48 Å². The normalized spacial score (nSPS) is 10.7. The number of halogens is 2. The van der Waals surface area contributed by atoms with Crippen LogP contribution in [0.25, 0.3) is 0 Å². The Kier molecular flexibility index (Phi) is 5.00. The second-order valence-corrected chi connectivity index (χ2v) is 7.24. The highest BCUT2D eigenvalue weighted by atomic mass is 35.5. The van der Waals surface area contributed by atoms with Crippen LogP contribution in [-0.4, -0.2) is 15.7 Å². The van der Waals surface area contributed by atoms with Crippen molar-refractivity contribution in [2.45, 2.75) is 13.1 Å². The average molecular weight is 366 g/mol. The van der Waals surface area contributed by atoms with Crippen LogP contribution in [0.2, 0.25) is 8.67 Å².